The maximum absolute atomic E-state index is 6.40. The monoisotopic (exact) mass is 306 g/mol. The summed E-state index contributed by atoms with van der Waals surface area (Å²) < 4.78 is 6.01. The van der Waals surface area contributed by atoms with Crippen LogP contribution >= 0.6 is 15.9 Å². The van der Waals surface area contributed by atoms with Gasteiger partial charge in [0.15, 0.2) is 4.67 Å². The summed E-state index contributed by atoms with van der Waals surface area (Å²) in [6, 6.07) is 6.03. The molecule has 2 atom stereocenters. The Morgan fingerprint density at radius 1 is 1.44 bits per heavy atom. The molecule has 0 radical (unpaired) electrons. The molecule has 2 unspecified atom stereocenters. The number of nitrogens with two attached hydrogens (primary N) is 1. The van der Waals surface area contributed by atoms with Crippen LogP contribution in [-0.4, -0.2) is 4.98 Å². The first-order valence-corrected chi connectivity index (χ1v) is 6.99. The van der Waals surface area contributed by atoms with E-state index in [0.717, 1.165) is 28.8 Å². The number of rotatable bonds is 2. The molecule has 0 aliphatic heterocycles. The Kier molecular flexibility index (Phi) is 3.22. The third kappa shape index (κ3) is 1.99. The SMILES string of the molecule is NC(c1ccoc1Br)C1CCCc2cccnc21. The van der Waals surface area contributed by atoms with Crippen molar-refractivity contribution in [3.05, 3.63) is 52.1 Å². The second kappa shape index (κ2) is 4.86. The minimum atomic E-state index is -0.0629. The lowest BCUT2D eigenvalue weighted by atomic mass is 9.80. The second-order valence-electron chi connectivity index (χ2n) is 4.72. The van der Waals surface area contributed by atoms with Crippen molar-refractivity contribution in [2.45, 2.75) is 31.2 Å². The van der Waals surface area contributed by atoms with E-state index in [0.29, 0.717) is 0 Å². The van der Waals surface area contributed by atoms with Crippen molar-refractivity contribution in [2.75, 3.05) is 0 Å². The second-order valence-corrected chi connectivity index (χ2v) is 5.44. The van der Waals surface area contributed by atoms with Crippen LogP contribution in [0.2, 0.25) is 0 Å². The Morgan fingerprint density at radius 3 is 3.11 bits per heavy atom. The van der Waals surface area contributed by atoms with Gasteiger partial charge in [-0.05, 0) is 52.9 Å². The quantitative estimate of drug-likeness (QED) is 0.923. The van der Waals surface area contributed by atoms with E-state index in [1.165, 1.54) is 12.0 Å². The average Bonchev–Trinajstić information content (AvgIpc) is 2.83. The molecule has 0 saturated carbocycles. The lowest BCUT2D eigenvalue weighted by molar-refractivity contribution is 0.453. The molecule has 0 aromatic carbocycles. The van der Waals surface area contributed by atoms with Gasteiger partial charge >= 0.3 is 0 Å². The van der Waals surface area contributed by atoms with Crippen molar-refractivity contribution >= 4 is 15.9 Å². The molecule has 0 fully saturated rings. The predicted octanol–water partition coefficient (Wildman–Crippen LogP) is 3.56. The number of fused-ring (bicyclic) bond motifs is 1. The van der Waals surface area contributed by atoms with E-state index in [1.807, 2.05) is 18.3 Å². The fourth-order valence-corrected chi connectivity index (χ4v) is 3.26. The van der Waals surface area contributed by atoms with Gasteiger partial charge < -0.3 is 10.2 Å². The number of hydrogen-bond donors (Lipinski definition) is 1. The van der Waals surface area contributed by atoms with E-state index in [1.54, 1.807) is 6.26 Å². The van der Waals surface area contributed by atoms with Crippen LogP contribution in [0.15, 0.2) is 39.7 Å². The Bertz CT molecular complexity index is 552. The van der Waals surface area contributed by atoms with E-state index < -0.39 is 0 Å². The van der Waals surface area contributed by atoms with Crippen molar-refractivity contribution in [2.24, 2.45) is 5.73 Å². The highest BCUT2D eigenvalue weighted by molar-refractivity contribution is 9.10. The minimum Gasteiger partial charge on any atom is -0.457 e. The summed E-state index contributed by atoms with van der Waals surface area (Å²) in [6.45, 7) is 0. The summed E-state index contributed by atoms with van der Waals surface area (Å²) in [5.41, 5.74) is 9.92. The molecule has 0 amide bonds. The molecule has 1 aliphatic rings. The van der Waals surface area contributed by atoms with Gasteiger partial charge in [-0.2, -0.15) is 0 Å². The van der Waals surface area contributed by atoms with Crippen molar-refractivity contribution in [1.29, 1.82) is 0 Å². The molecule has 2 aromatic rings. The molecule has 3 nitrogen and oxygen atoms in total. The van der Waals surface area contributed by atoms with Crippen molar-refractivity contribution in [3.63, 3.8) is 0 Å². The van der Waals surface area contributed by atoms with Gasteiger partial charge in [0.1, 0.15) is 0 Å². The van der Waals surface area contributed by atoms with Crippen molar-refractivity contribution < 1.29 is 4.42 Å². The summed E-state index contributed by atoms with van der Waals surface area (Å²) in [5, 5.41) is 0. The largest absolute Gasteiger partial charge is 0.457 e. The molecular weight excluding hydrogens is 292 g/mol. The zero-order valence-electron chi connectivity index (χ0n) is 9.97. The summed E-state index contributed by atoms with van der Waals surface area (Å²) in [6.07, 6.45) is 6.89. The normalized spacial score (nSPS) is 20.4. The number of aryl methyl sites for hydroxylation is 1. The zero-order chi connectivity index (χ0) is 12.5. The summed E-state index contributed by atoms with van der Waals surface area (Å²) in [7, 11) is 0. The molecule has 2 N–H and O–H groups in total. The average molecular weight is 307 g/mol. The number of halogens is 1. The number of pyridine rings is 1. The van der Waals surface area contributed by atoms with Crippen LogP contribution in [0.5, 0.6) is 0 Å². The zero-order valence-corrected chi connectivity index (χ0v) is 11.6. The molecule has 0 bridgehead atoms. The van der Waals surface area contributed by atoms with Crippen molar-refractivity contribution in [3.8, 4) is 0 Å². The molecule has 0 spiro atoms. The first-order valence-electron chi connectivity index (χ1n) is 6.19. The Labute approximate surface area is 115 Å². The Hall–Kier alpha value is -1.13. The van der Waals surface area contributed by atoms with Crippen LogP contribution in [-0.2, 0) is 6.42 Å². The van der Waals surface area contributed by atoms with Gasteiger partial charge in [0.25, 0.3) is 0 Å². The third-order valence-electron chi connectivity index (χ3n) is 3.68. The van der Waals surface area contributed by atoms with Gasteiger partial charge in [-0.15, -0.1) is 0 Å². The molecular formula is C14H15BrN2O. The van der Waals surface area contributed by atoms with Crippen LogP contribution in [0, 0.1) is 0 Å². The van der Waals surface area contributed by atoms with Crippen LogP contribution in [0.1, 0.15) is 41.6 Å². The number of nitrogens with zero attached hydrogens (tertiary/aromatic N) is 1. The van der Waals surface area contributed by atoms with Crippen LogP contribution in [0.4, 0.5) is 0 Å². The first kappa shape index (κ1) is 11.9. The van der Waals surface area contributed by atoms with E-state index in [-0.39, 0.29) is 12.0 Å². The van der Waals surface area contributed by atoms with Gasteiger partial charge in [0, 0.05) is 29.4 Å². The fraction of sp³-hybridized carbons (Fsp3) is 0.357. The van der Waals surface area contributed by atoms with E-state index in [2.05, 4.69) is 27.0 Å². The minimum absolute atomic E-state index is 0.0629. The first-order chi connectivity index (χ1) is 8.77. The van der Waals surface area contributed by atoms with Crippen LogP contribution in [0.3, 0.4) is 0 Å². The molecule has 4 heteroatoms. The summed E-state index contributed by atoms with van der Waals surface area (Å²) in [5.74, 6) is 0.281. The van der Waals surface area contributed by atoms with E-state index in [9.17, 15) is 0 Å². The van der Waals surface area contributed by atoms with Gasteiger partial charge in [-0.1, -0.05) is 6.07 Å². The molecule has 3 rings (SSSR count). The van der Waals surface area contributed by atoms with Gasteiger partial charge in [-0.25, -0.2) is 0 Å². The highest BCUT2D eigenvalue weighted by Crippen LogP contribution is 2.39. The number of hydrogen-bond acceptors (Lipinski definition) is 3. The van der Waals surface area contributed by atoms with Gasteiger partial charge in [0.2, 0.25) is 0 Å². The molecule has 18 heavy (non-hydrogen) atoms. The lowest BCUT2D eigenvalue weighted by Gasteiger charge is -2.28. The van der Waals surface area contributed by atoms with Crippen molar-refractivity contribution in [1.82, 2.24) is 4.98 Å². The molecule has 0 saturated heterocycles. The smallest absolute Gasteiger partial charge is 0.173 e. The van der Waals surface area contributed by atoms with Crippen LogP contribution in [0.25, 0.3) is 0 Å². The van der Waals surface area contributed by atoms with E-state index in [4.69, 9.17) is 10.2 Å². The third-order valence-corrected chi connectivity index (χ3v) is 4.32. The molecule has 2 aromatic heterocycles. The van der Waals surface area contributed by atoms with Gasteiger partial charge in [0.05, 0.1) is 6.26 Å². The highest BCUT2D eigenvalue weighted by atomic mass is 79.9. The van der Waals surface area contributed by atoms with Crippen LogP contribution < -0.4 is 5.73 Å². The highest BCUT2D eigenvalue weighted by Gasteiger charge is 2.29. The number of furan rings is 1. The maximum atomic E-state index is 6.40. The Morgan fingerprint density at radius 2 is 2.33 bits per heavy atom. The Balaban J connectivity index is 1.97. The molecule has 2 heterocycles. The summed E-state index contributed by atoms with van der Waals surface area (Å²) in [4.78, 5) is 4.54. The molecule has 1 aliphatic carbocycles. The topological polar surface area (TPSA) is 52.0 Å². The number of aromatic nitrogens is 1. The fourth-order valence-electron chi connectivity index (χ4n) is 2.75. The summed E-state index contributed by atoms with van der Waals surface area (Å²) >= 11 is 3.41. The lowest BCUT2D eigenvalue weighted by Crippen LogP contribution is -2.24. The maximum Gasteiger partial charge on any atom is 0.173 e. The van der Waals surface area contributed by atoms with Gasteiger partial charge in [-0.3, -0.25) is 4.98 Å². The molecule has 94 valence electrons. The standard InChI is InChI=1S/C14H15BrN2O/c15-14-11(6-8-18-14)12(16)10-5-1-3-9-4-2-7-17-13(9)10/h2,4,6-8,10,12H,1,3,5,16H2. The van der Waals surface area contributed by atoms with E-state index >= 15 is 0 Å². The predicted molar refractivity (Wildman–Crippen MR) is 73.3 cm³/mol.